The molecule has 0 spiro atoms. The Balaban J connectivity index is 1.32. The number of nitrogens with two attached hydrogens (primary N) is 1. The van der Waals surface area contributed by atoms with Crippen LogP contribution in [0, 0.1) is 6.92 Å². The first-order valence-corrected chi connectivity index (χ1v) is 13.7. The number of piperidine rings is 1. The second kappa shape index (κ2) is 10.7. The Morgan fingerprint density at radius 2 is 1.93 bits per heavy atom. The molecule has 12 heteroatoms. The Hall–Kier alpha value is -4.13. The van der Waals surface area contributed by atoms with Crippen LogP contribution in [0.25, 0.3) is 16.6 Å². The van der Waals surface area contributed by atoms with Gasteiger partial charge in [-0.2, -0.15) is 0 Å². The molecule has 6 rings (SSSR count). The van der Waals surface area contributed by atoms with Gasteiger partial charge < -0.3 is 30.5 Å². The summed E-state index contributed by atoms with van der Waals surface area (Å²) in [7, 11) is 0. The van der Waals surface area contributed by atoms with Gasteiger partial charge in [-0.15, -0.1) is 5.10 Å². The van der Waals surface area contributed by atoms with Crippen LogP contribution < -0.4 is 20.7 Å². The van der Waals surface area contributed by atoms with Gasteiger partial charge in [0.2, 0.25) is 0 Å². The maximum Gasteiger partial charge on any atom is 0.268 e. The highest BCUT2D eigenvalue weighted by molar-refractivity contribution is 5.90. The van der Waals surface area contributed by atoms with Gasteiger partial charge in [0.25, 0.3) is 5.91 Å². The zero-order valence-corrected chi connectivity index (χ0v) is 23.3. The summed E-state index contributed by atoms with van der Waals surface area (Å²) in [5.41, 5.74) is 7.99. The Kier molecular flexibility index (Phi) is 7.06. The minimum atomic E-state index is -1.06. The Bertz CT molecular complexity index is 1550. The minimum Gasteiger partial charge on any atom is -0.488 e. The van der Waals surface area contributed by atoms with Gasteiger partial charge in [0.1, 0.15) is 17.5 Å². The standard InChI is InChI=1S/C29H34N8O4/c1-17-6-23(25(12-31-17)41-22-8-19-14-40-15-20(9-22)34-19)18-4-5-37-21(7-18)10-26(35-37)36(16-29(2,3)39)27-13-32-24(11-33-27)28(30)38/h4-7,10-13,19-20,22,34,39H,8-9,14-16H2,1-3H3,(H2,30,38). The summed E-state index contributed by atoms with van der Waals surface area (Å²) in [4.78, 5) is 26.2. The molecule has 2 saturated heterocycles. The summed E-state index contributed by atoms with van der Waals surface area (Å²) in [6.07, 6.45) is 8.32. The third-order valence-electron chi connectivity index (χ3n) is 7.25. The van der Waals surface area contributed by atoms with Crippen molar-refractivity contribution in [3.63, 3.8) is 0 Å². The lowest BCUT2D eigenvalue weighted by Gasteiger charge is -2.40. The molecule has 2 fully saturated rings. The Morgan fingerprint density at radius 3 is 2.61 bits per heavy atom. The number of aliphatic hydroxyl groups is 1. The van der Waals surface area contributed by atoms with Crippen LogP contribution in [0.3, 0.4) is 0 Å². The van der Waals surface area contributed by atoms with Gasteiger partial charge in [-0.25, -0.2) is 14.5 Å². The van der Waals surface area contributed by atoms with E-state index in [-0.39, 0.29) is 18.3 Å². The van der Waals surface area contributed by atoms with Crippen molar-refractivity contribution in [3.05, 3.63) is 60.4 Å². The number of hydrogen-bond donors (Lipinski definition) is 3. The lowest BCUT2D eigenvalue weighted by Crippen LogP contribution is -2.56. The first-order chi connectivity index (χ1) is 19.6. The molecular weight excluding hydrogens is 524 g/mol. The predicted octanol–water partition coefficient (Wildman–Crippen LogP) is 2.40. The fourth-order valence-corrected chi connectivity index (χ4v) is 5.46. The van der Waals surface area contributed by atoms with Crippen molar-refractivity contribution in [2.75, 3.05) is 24.7 Å². The lowest BCUT2D eigenvalue weighted by molar-refractivity contribution is -0.0122. The molecule has 4 N–H and O–H groups in total. The van der Waals surface area contributed by atoms with Crippen molar-refractivity contribution in [2.45, 2.75) is 57.4 Å². The molecular formula is C29H34N8O4. The van der Waals surface area contributed by atoms with E-state index in [1.165, 1.54) is 12.4 Å². The molecule has 0 saturated carbocycles. The van der Waals surface area contributed by atoms with Gasteiger partial charge in [0.05, 0.1) is 49.5 Å². The number of primary amides is 1. The first kappa shape index (κ1) is 27.1. The molecule has 2 bridgehead atoms. The SMILES string of the molecule is Cc1cc(-c2ccn3nc(N(CC(C)(C)O)c4cnc(C(N)=O)cn4)cc3c2)c(OC2CC3COCC(C2)N3)cn1. The van der Waals surface area contributed by atoms with Gasteiger partial charge in [-0.1, -0.05) is 0 Å². The number of anilines is 2. The monoisotopic (exact) mass is 558 g/mol. The van der Waals surface area contributed by atoms with E-state index in [2.05, 4.69) is 20.3 Å². The summed E-state index contributed by atoms with van der Waals surface area (Å²) in [5.74, 6) is 1.08. The number of aromatic nitrogens is 5. The third kappa shape index (κ3) is 5.99. The van der Waals surface area contributed by atoms with Gasteiger partial charge in [-0.3, -0.25) is 9.78 Å². The van der Waals surface area contributed by atoms with Crippen LogP contribution in [0.15, 0.2) is 49.1 Å². The molecule has 2 aliphatic heterocycles. The average Bonchev–Trinajstić information content (AvgIpc) is 3.35. The molecule has 0 aromatic carbocycles. The van der Waals surface area contributed by atoms with Gasteiger partial charge in [-0.05, 0) is 44.5 Å². The molecule has 2 aliphatic rings. The highest BCUT2D eigenvalue weighted by atomic mass is 16.5. The number of carbonyl (C=O) groups excluding carboxylic acids is 1. The van der Waals surface area contributed by atoms with Crippen molar-refractivity contribution in [1.82, 2.24) is 29.9 Å². The third-order valence-corrected chi connectivity index (χ3v) is 7.25. The molecule has 2 atom stereocenters. The number of nitrogens with zero attached hydrogens (tertiary/aromatic N) is 6. The normalized spacial score (nSPS) is 20.6. The molecule has 214 valence electrons. The van der Waals surface area contributed by atoms with Crippen molar-refractivity contribution in [3.8, 4) is 16.9 Å². The maximum atomic E-state index is 11.5. The van der Waals surface area contributed by atoms with E-state index in [0.717, 1.165) is 40.9 Å². The highest BCUT2D eigenvalue weighted by Gasteiger charge is 2.33. The Labute approximate surface area is 237 Å². The van der Waals surface area contributed by atoms with E-state index in [4.69, 9.17) is 20.3 Å². The van der Waals surface area contributed by atoms with E-state index >= 15 is 0 Å². The van der Waals surface area contributed by atoms with E-state index < -0.39 is 11.5 Å². The second-order valence-electron chi connectivity index (χ2n) is 11.4. The number of nitrogens with one attached hydrogen (secondary N) is 1. The fraction of sp³-hybridized carbons (Fsp3) is 0.414. The van der Waals surface area contributed by atoms with E-state index in [0.29, 0.717) is 36.9 Å². The Morgan fingerprint density at radius 1 is 1.15 bits per heavy atom. The molecule has 4 aromatic heterocycles. The zero-order valence-electron chi connectivity index (χ0n) is 23.3. The zero-order chi connectivity index (χ0) is 28.7. The van der Waals surface area contributed by atoms with Crippen molar-refractivity contribution in [2.24, 2.45) is 5.73 Å². The largest absolute Gasteiger partial charge is 0.488 e. The molecule has 6 heterocycles. The maximum absolute atomic E-state index is 11.5. The number of pyridine rings is 2. The number of fused-ring (bicyclic) bond motifs is 3. The summed E-state index contributed by atoms with van der Waals surface area (Å²) >= 11 is 0. The van der Waals surface area contributed by atoms with Crippen molar-refractivity contribution in [1.29, 1.82) is 0 Å². The topological polar surface area (TPSA) is 153 Å². The number of rotatable bonds is 8. The van der Waals surface area contributed by atoms with Crippen molar-refractivity contribution >= 4 is 23.1 Å². The minimum absolute atomic E-state index is 0.0586. The summed E-state index contributed by atoms with van der Waals surface area (Å²) in [6.45, 7) is 6.99. The van der Waals surface area contributed by atoms with Crippen LogP contribution in [-0.4, -0.2) is 79.1 Å². The molecule has 2 unspecified atom stereocenters. The average molecular weight is 559 g/mol. The molecule has 4 aromatic rings. The van der Waals surface area contributed by atoms with Crippen LogP contribution in [0.1, 0.15) is 42.9 Å². The van der Waals surface area contributed by atoms with E-state index in [9.17, 15) is 9.90 Å². The molecule has 1 amide bonds. The van der Waals surface area contributed by atoms with Crippen LogP contribution in [0.2, 0.25) is 0 Å². The molecule has 0 radical (unpaired) electrons. The lowest BCUT2D eigenvalue weighted by atomic mass is 9.94. The predicted molar refractivity (Wildman–Crippen MR) is 152 cm³/mol. The summed E-state index contributed by atoms with van der Waals surface area (Å²) in [6, 6.07) is 8.62. The van der Waals surface area contributed by atoms with E-state index in [1.807, 2.05) is 43.6 Å². The summed E-state index contributed by atoms with van der Waals surface area (Å²) < 4.78 is 14.0. The number of amides is 1. The van der Waals surface area contributed by atoms with Crippen LogP contribution in [0.5, 0.6) is 5.75 Å². The number of carbonyl (C=O) groups is 1. The number of ether oxygens (including phenoxy) is 2. The smallest absolute Gasteiger partial charge is 0.268 e. The van der Waals surface area contributed by atoms with Crippen molar-refractivity contribution < 1.29 is 19.4 Å². The number of hydrogen-bond acceptors (Lipinski definition) is 10. The van der Waals surface area contributed by atoms with Crippen LogP contribution in [-0.2, 0) is 4.74 Å². The second-order valence-corrected chi connectivity index (χ2v) is 11.4. The fourth-order valence-electron chi connectivity index (χ4n) is 5.46. The van der Waals surface area contributed by atoms with Gasteiger partial charge in [0.15, 0.2) is 11.6 Å². The number of morpholine rings is 1. The molecule has 41 heavy (non-hydrogen) atoms. The molecule has 0 aliphatic carbocycles. The first-order valence-electron chi connectivity index (χ1n) is 13.7. The summed E-state index contributed by atoms with van der Waals surface area (Å²) in [5, 5.41) is 19.0. The molecule has 12 nitrogen and oxygen atoms in total. The van der Waals surface area contributed by atoms with E-state index in [1.54, 1.807) is 23.3 Å². The quantitative estimate of drug-likeness (QED) is 0.294. The van der Waals surface area contributed by atoms with Gasteiger partial charge in [0, 0.05) is 48.4 Å². The highest BCUT2D eigenvalue weighted by Crippen LogP contribution is 2.34. The van der Waals surface area contributed by atoms with Crippen LogP contribution >= 0.6 is 0 Å². The van der Waals surface area contributed by atoms with Crippen LogP contribution in [0.4, 0.5) is 11.6 Å². The number of aryl methyl sites for hydroxylation is 1. The van der Waals surface area contributed by atoms with Gasteiger partial charge >= 0.3 is 0 Å².